The zero-order valence-corrected chi connectivity index (χ0v) is 20.3. The monoisotopic (exact) mass is 496 g/mol. The molecule has 1 saturated heterocycles. The molecule has 1 fully saturated rings. The second-order valence-electron chi connectivity index (χ2n) is 7.90. The number of carbonyl (C=O) groups excluding carboxylic acids is 1. The molecule has 1 aliphatic rings. The van der Waals surface area contributed by atoms with Crippen molar-refractivity contribution in [2.75, 3.05) is 58.9 Å². The summed E-state index contributed by atoms with van der Waals surface area (Å²) >= 11 is 0. The van der Waals surface area contributed by atoms with Crippen molar-refractivity contribution in [1.82, 2.24) is 25.8 Å². The Morgan fingerprint density at radius 2 is 1.63 bits per heavy atom. The molecule has 0 aromatic carbocycles. The van der Waals surface area contributed by atoms with E-state index in [1.165, 1.54) is 39.1 Å². The largest absolute Gasteiger partial charge is 0.357 e. The number of halogens is 1. The van der Waals surface area contributed by atoms with Crippen LogP contribution in [-0.2, 0) is 4.79 Å². The van der Waals surface area contributed by atoms with E-state index in [2.05, 4.69) is 37.7 Å². The lowest BCUT2D eigenvalue weighted by Gasteiger charge is -2.34. The van der Waals surface area contributed by atoms with Crippen LogP contribution < -0.4 is 16.0 Å². The van der Waals surface area contributed by atoms with E-state index in [9.17, 15) is 4.79 Å². The van der Waals surface area contributed by atoms with Gasteiger partial charge in [0.2, 0.25) is 5.91 Å². The molecule has 0 saturated carbocycles. The van der Waals surface area contributed by atoms with Gasteiger partial charge in [0.05, 0.1) is 0 Å². The van der Waals surface area contributed by atoms with Crippen LogP contribution in [0.5, 0.6) is 0 Å². The van der Waals surface area contributed by atoms with Gasteiger partial charge in [-0.25, -0.2) is 4.99 Å². The summed E-state index contributed by atoms with van der Waals surface area (Å²) in [7, 11) is 0. The Morgan fingerprint density at radius 1 is 1.00 bits per heavy atom. The lowest BCUT2D eigenvalue weighted by molar-refractivity contribution is -0.121. The van der Waals surface area contributed by atoms with Crippen LogP contribution in [0.25, 0.3) is 0 Å². The summed E-state index contributed by atoms with van der Waals surface area (Å²) in [6.45, 7) is 19.1. The second-order valence-corrected chi connectivity index (χ2v) is 7.90. The van der Waals surface area contributed by atoms with Crippen LogP contribution in [0.3, 0.4) is 0 Å². The molecule has 0 aromatic heterocycles. The van der Waals surface area contributed by atoms with Crippen LogP contribution in [0, 0.1) is 0 Å². The summed E-state index contributed by atoms with van der Waals surface area (Å²) in [5, 5.41) is 9.45. The smallest absolute Gasteiger partial charge is 0.242 e. The zero-order chi connectivity index (χ0) is 19.4. The van der Waals surface area contributed by atoms with E-state index in [0.29, 0.717) is 5.96 Å². The Labute approximate surface area is 183 Å². The number of guanidine groups is 1. The van der Waals surface area contributed by atoms with Crippen LogP contribution in [-0.4, -0.2) is 86.1 Å². The summed E-state index contributed by atoms with van der Waals surface area (Å²) in [6.07, 6.45) is 2.29. The third-order valence-corrected chi connectivity index (χ3v) is 4.35. The van der Waals surface area contributed by atoms with Crippen molar-refractivity contribution < 1.29 is 4.79 Å². The van der Waals surface area contributed by atoms with Gasteiger partial charge < -0.3 is 25.8 Å². The number of unbranched alkanes of at least 4 members (excludes halogenated alkanes) is 1. The van der Waals surface area contributed by atoms with Gasteiger partial charge in [0, 0.05) is 44.8 Å². The normalized spacial score (nSPS) is 16.6. The molecule has 0 aliphatic carbocycles. The SMILES string of the molecule is CCNC(=NCC(=O)NC(C)(C)C)NCCCCN1CCN(CC)CC1.I. The predicted molar refractivity (Wildman–Crippen MR) is 125 cm³/mol. The first-order valence-electron chi connectivity index (χ1n) is 10.1. The van der Waals surface area contributed by atoms with Gasteiger partial charge in [0.1, 0.15) is 6.54 Å². The zero-order valence-electron chi connectivity index (χ0n) is 17.9. The van der Waals surface area contributed by atoms with Crippen molar-refractivity contribution >= 4 is 35.8 Å². The first kappa shape index (κ1) is 26.4. The molecule has 1 heterocycles. The Hall–Kier alpha value is -0.610. The van der Waals surface area contributed by atoms with Gasteiger partial charge in [0.15, 0.2) is 5.96 Å². The van der Waals surface area contributed by atoms with E-state index in [4.69, 9.17) is 0 Å². The number of nitrogens with zero attached hydrogens (tertiary/aromatic N) is 3. The number of hydrogen-bond donors (Lipinski definition) is 3. The fourth-order valence-corrected chi connectivity index (χ4v) is 2.95. The number of nitrogens with one attached hydrogen (secondary N) is 3. The number of hydrogen-bond acceptors (Lipinski definition) is 4. The molecule has 0 aromatic rings. The third kappa shape index (κ3) is 13.2. The molecule has 0 radical (unpaired) electrons. The maximum atomic E-state index is 11.9. The van der Waals surface area contributed by atoms with Crippen molar-refractivity contribution in [1.29, 1.82) is 0 Å². The first-order chi connectivity index (χ1) is 12.3. The molecule has 1 amide bonds. The van der Waals surface area contributed by atoms with E-state index >= 15 is 0 Å². The number of rotatable bonds is 9. The second kappa shape index (κ2) is 14.4. The van der Waals surface area contributed by atoms with Crippen LogP contribution in [0.15, 0.2) is 4.99 Å². The summed E-state index contributed by atoms with van der Waals surface area (Å²) in [5.41, 5.74) is -0.221. The van der Waals surface area contributed by atoms with Gasteiger partial charge in [-0.15, -0.1) is 24.0 Å². The average molecular weight is 496 g/mol. The van der Waals surface area contributed by atoms with Crippen molar-refractivity contribution in [3.63, 3.8) is 0 Å². The summed E-state index contributed by atoms with van der Waals surface area (Å²) < 4.78 is 0. The van der Waals surface area contributed by atoms with Crippen molar-refractivity contribution in [3.05, 3.63) is 0 Å². The molecule has 0 spiro atoms. The Morgan fingerprint density at radius 3 is 2.19 bits per heavy atom. The Balaban J connectivity index is 0.00000676. The molecule has 160 valence electrons. The van der Waals surface area contributed by atoms with Gasteiger partial charge >= 0.3 is 0 Å². The minimum absolute atomic E-state index is 0. The van der Waals surface area contributed by atoms with Gasteiger partial charge in [-0.3, -0.25) is 4.79 Å². The molecule has 1 aliphatic heterocycles. The number of carbonyl (C=O) groups is 1. The van der Waals surface area contributed by atoms with E-state index < -0.39 is 0 Å². The van der Waals surface area contributed by atoms with Gasteiger partial charge in [-0.05, 0) is 53.6 Å². The van der Waals surface area contributed by atoms with E-state index in [1.54, 1.807) is 0 Å². The summed E-state index contributed by atoms with van der Waals surface area (Å²) in [5.74, 6) is 0.661. The maximum absolute atomic E-state index is 11.9. The van der Waals surface area contributed by atoms with E-state index in [0.717, 1.165) is 26.1 Å². The Bertz CT molecular complexity index is 430. The molecule has 0 unspecified atom stereocenters. The third-order valence-electron chi connectivity index (χ3n) is 4.35. The topological polar surface area (TPSA) is 72.0 Å². The fourth-order valence-electron chi connectivity index (χ4n) is 2.95. The number of piperazine rings is 1. The highest BCUT2D eigenvalue weighted by Crippen LogP contribution is 2.03. The Kier molecular flexibility index (Phi) is 14.1. The minimum atomic E-state index is -0.221. The molecule has 7 nitrogen and oxygen atoms in total. The maximum Gasteiger partial charge on any atom is 0.242 e. The highest BCUT2D eigenvalue weighted by atomic mass is 127. The molecular formula is C19H41IN6O. The van der Waals surface area contributed by atoms with Crippen LogP contribution in [0.2, 0.25) is 0 Å². The van der Waals surface area contributed by atoms with Crippen LogP contribution in [0.1, 0.15) is 47.5 Å². The first-order valence-corrected chi connectivity index (χ1v) is 10.1. The number of likely N-dealkylation sites (N-methyl/N-ethyl adjacent to an activating group) is 1. The van der Waals surface area contributed by atoms with Crippen molar-refractivity contribution in [3.8, 4) is 0 Å². The molecule has 3 N–H and O–H groups in total. The standard InChI is InChI=1S/C19H40N6O.HI/c1-6-20-18(22-16-17(26)23-19(3,4)5)21-10-8-9-11-25-14-12-24(7-2)13-15-25;/h6-16H2,1-5H3,(H,23,26)(H2,20,21,22);1H. The van der Waals surface area contributed by atoms with Gasteiger partial charge in [0.25, 0.3) is 0 Å². The highest BCUT2D eigenvalue weighted by molar-refractivity contribution is 14.0. The summed E-state index contributed by atoms with van der Waals surface area (Å²) in [4.78, 5) is 21.3. The molecule has 1 rings (SSSR count). The predicted octanol–water partition coefficient (Wildman–Crippen LogP) is 1.49. The highest BCUT2D eigenvalue weighted by Gasteiger charge is 2.15. The summed E-state index contributed by atoms with van der Waals surface area (Å²) in [6, 6.07) is 0. The molecule has 0 bridgehead atoms. The van der Waals surface area contributed by atoms with Crippen LogP contribution in [0.4, 0.5) is 0 Å². The van der Waals surface area contributed by atoms with Crippen molar-refractivity contribution in [2.45, 2.75) is 53.0 Å². The van der Waals surface area contributed by atoms with Crippen LogP contribution >= 0.6 is 24.0 Å². The number of amides is 1. The van der Waals surface area contributed by atoms with E-state index in [1.807, 2.05) is 27.7 Å². The molecule has 8 heteroatoms. The fraction of sp³-hybridized carbons (Fsp3) is 0.895. The lowest BCUT2D eigenvalue weighted by Crippen LogP contribution is -2.46. The molecular weight excluding hydrogens is 455 g/mol. The lowest BCUT2D eigenvalue weighted by atomic mass is 10.1. The van der Waals surface area contributed by atoms with E-state index in [-0.39, 0.29) is 42.0 Å². The van der Waals surface area contributed by atoms with Gasteiger partial charge in [-0.2, -0.15) is 0 Å². The van der Waals surface area contributed by atoms with Crippen molar-refractivity contribution in [2.24, 2.45) is 4.99 Å². The average Bonchev–Trinajstić information content (AvgIpc) is 2.58. The molecule has 0 atom stereocenters. The van der Waals surface area contributed by atoms with Gasteiger partial charge in [-0.1, -0.05) is 6.92 Å². The quantitative estimate of drug-likeness (QED) is 0.195. The molecule has 27 heavy (non-hydrogen) atoms. The minimum Gasteiger partial charge on any atom is -0.357 e. The number of aliphatic imine (C=N–C) groups is 1.